The first kappa shape index (κ1) is 6.46. The molecule has 2 nitrogen and oxygen atoms in total. The number of hydrogen-bond acceptors (Lipinski definition) is 1. The third kappa shape index (κ3) is 1.02. The quantitative estimate of drug-likeness (QED) is 0.463. The van der Waals surface area contributed by atoms with Crippen LogP contribution < -0.4 is 0 Å². The van der Waals surface area contributed by atoms with Crippen LogP contribution in [-0.2, 0) is 0 Å². The lowest BCUT2D eigenvalue weighted by atomic mass is 10.2. The Kier molecular flexibility index (Phi) is 1.39. The summed E-state index contributed by atoms with van der Waals surface area (Å²) in [6.07, 6.45) is 3.89. The molecule has 0 unspecified atom stereocenters. The summed E-state index contributed by atoms with van der Waals surface area (Å²) in [7, 11) is 0. The summed E-state index contributed by atoms with van der Waals surface area (Å²) in [5.41, 5.74) is 0.00868. The SMILES string of the molecule is CC[N+]1=CC=NC1(C)C. The van der Waals surface area contributed by atoms with E-state index in [4.69, 9.17) is 0 Å². The van der Waals surface area contributed by atoms with Crippen molar-refractivity contribution in [3.8, 4) is 0 Å². The number of rotatable bonds is 1. The minimum atomic E-state index is 0.00868. The molecule has 0 saturated carbocycles. The zero-order valence-corrected chi connectivity index (χ0v) is 6.26. The van der Waals surface area contributed by atoms with Gasteiger partial charge in [0.2, 0.25) is 5.66 Å². The van der Waals surface area contributed by atoms with Crippen LogP contribution in [0.1, 0.15) is 20.8 Å². The Morgan fingerprint density at radius 2 is 2.22 bits per heavy atom. The normalized spacial score (nSPS) is 22.3. The Morgan fingerprint density at radius 3 is 2.44 bits per heavy atom. The van der Waals surface area contributed by atoms with E-state index in [1.165, 1.54) is 0 Å². The average molecular weight is 125 g/mol. The first-order valence-corrected chi connectivity index (χ1v) is 3.32. The molecule has 0 radical (unpaired) electrons. The van der Waals surface area contributed by atoms with Gasteiger partial charge in [0.15, 0.2) is 6.21 Å². The van der Waals surface area contributed by atoms with Crippen LogP contribution in [0.2, 0.25) is 0 Å². The predicted molar refractivity (Wildman–Crippen MR) is 39.4 cm³/mol. The highest BCUT2D eigenvalue weighted by Gasteiger charge is 2.29. The van der Waals surface area contributed by atoms with Crippen molar-refractivity contribution in [3.05, 3.63) is 0 Å². The van der Waals surface area contributed by atoms with Crippen molar-refractivity contribution in [3.63, 3.8) is 0 Å². The van der Waals surface area contributed by atoms with E-state index in [0.29, 0.717) is 0 Å². The molecule has 1 aliphatic heterocycles. The molecule has 0 aromatic rings. The van der Waals surface area contributed by atoms with Gasteiger partial charge in [-0.1, -0.05) is 0 Å². The molecule has 0 aromatic heterocycles. The van der Waals surface area contributed by atoms with Crippen molar-refractivity contribution in [1.29, 1.82) is 0 Å². The standard InChI is InChI=1S/C7H13N2/c1-4-9-6-5-8-7(9,2)3/h5-6H,4H2,1-3H3/q+1. The van der Waals surface area contributed by atoms with Gasteiger partial charge in [0.25, 0.3) is 0 Å². The molecule has 0 N–H and O–H groups in total. The van der Waals surface area contributed by atoms with E-state index < -0.39 is 0 Å². The fraction of sp³-hybridized carbons (Fsp3) is 0.714. The minimum Gasteiger partial charge on any atom is -0.217 e. The molecule has 1 rings (SSSR count). The molecule has 1 aliphatic rings. The van der Waals surface area contributed by atoms with Crippen LogP contribution in [0.15, 0.2) is 4.99 Å². The summed E-state index contributed by atoms with van der Waals surface area (Å²) in [5.74, 6) is 0. The molecule has 0 aromatic carbocycles. The van der Waals surface area contributed by atoms with E-state index in [1.54, 1.807) is 0 Å². The van der Waals surface area contributed by atoms with Gasteiger partial charge < -0.3 is 0 Å². The van der Waals surface area contributed by atoms with Crippen molar-refractivity contribution >= 4 is 12.4 Å². The van der Waals surface area contributed by atoms with Gasteiger partial charge in [-0.15, -0.1) is 0 Å². The lowest BCUT2D eigenvalue weighted by Crippen LogP contribution is -2.31. The Balaban J connectivity index is 2.78. The van der Waals surface area contributed by atoms with Gasteiger partial charge in [0, 0.05) is 13.8 Å². The Hall–Kier alpha value is -0.660. The van der Waals surface area contributed by atoms with E-state index in [1.807, 2.05) is 12.4 Å². The molecule has 0 atom stereocenters. The van der Waals surface area contributed by atoms with Gasteiger partial charge in [0.1, 0.15) is 6.54 Å². The minimum absolute atomic E-state index is 0.00868. The van der Waals surface area contributed by atoms with Gasteiger partial charge in [-0.05, 0) is 6.92 Å². The van der Waals surface area contributed by atoms with Gasteiger partial charge in [-0.3, -0.25) is 0 Å². The lowest BCUT2D eigenvalue weighted by Gasteiger charge is -2.11. The van der Waals surface area contributed by atoms with Crippen LogP contribution in [0.4, 0.5) is 0 Å². The summed E-state index contributed by atoms with van der Waals surface area (Å²) in [4.78, 5) is 4.27. The topological polar surface area (TPSA) is 15.4 Å². The highest BCUT2D eigenvalue weighted by molar-refractivity contribution is 6.14. The van der Waals surface area contributed by atoms with Crippen molar-refractivity contribution in [2.45, 2.75) is 26.4 Å². The van der Waals surface area contributed by atoms with E-state index in [9.17, 15) is 0 Å². The zero-order valence-electron chi connectivity index (χ0n) is 6.26. The van der Waals surface area contributed by atoms with Crippen molar-refractivity contribution < 1.29 is 4.58 Å². The first-order valence-electron chi connectivity index (χ1n) is 3.32. The fourth-order valence-corrected chi connectivity index (χ4v) is 1.05. The molecular weight excluding hydrogens is 112 g/mol. The third-order valence-corrected chi connectivity index (χ3v) is 1.68. The van der Waals surface area contributed by atoms with Gasteiger partial charge in [-0.2, -0.15) is 0 Å². The Labute approximate surface area is 55.9 Å². The smallest absolute Gasteiger partial charge is 0.217 e. The summed E-state index contributed by atoms with van der Waals surface area (Å²) in [6, 6.07) is 0. The van der Waals surface area contributed by atoms with Gasteiger partial charge in [0.05, 0.1) is 6.21 Å². The second kappa shape index (κ2) is 1.94. The first-order chi connectivity index (χ1) is 4.17. The van der Waals surface area contributed by atoms with Crippen molar-refractivity contribution in [2.24, 2.45) is 4.99 Å². The number of nitrogens with zero attached hydrogens (tertiary/aromatic N) is 2. The molecule has 0 amide bonds. The molecule has 50 valence electrons. The summed E-state index contributed by atoms with van der Waals surface area (Å²) in [5, 5.41) is 0. The molecule has 9 heavy (non-hydrogen) atoms. The van der Waals surface area contributed by atoms with Crippen LogP contribution in [0.3, 0.4) is 0 Å². The highest BCUT2D eigenvalue weighted by Crippen LogP contribution is 2.11. The Bertz CT molecular complexity index is 166. The Morgan fingerprint density at radius 1 is 1.56 bits per heavy atom. The van der Waals surface area contributed by atoms with Crippen LogP contribution in [-0.4, -0.2) is 29.2 Å². The lowest BCUT2D eigenvalue weighted by molar-refractivity contribution is -0.587. The van der Waals surface area contributed by atoms with E-state index in [-0.39, 0.29) is 5.66 Å². The second-order valence-electron chi connectivity index (χ2n) is 2.71. The molecule has 0 aliphatic carbocycles. The van der Waals surface area contributed by atoms with Crippen LogP contribution in [0, 0.1) is 0 Å². The molecule has 2 heteroatoms. The van der Waals surface area contributed by atoms with Gasteiger partial charge >= 0.3 is 0 Å². The number of aliphatic imine (C=N–C) groups is 1. The molecule has 0 spiro atoms. The van der Waals surface area contributed by atoms with Crippen molar-refractivity contribution in [2.75, 3.05) is 6.54 Å². The van der Waals surface area contributed by atoms with Crippen molar-refractivity contribution in [1.82, 2.24) is 0 Å². The van der Waals surface area contributed by atoms with Crippen LogP contribution in [0.5, 0.6) is 0 Å². The number of hydrogen-bond donors (Lipinski definition) is 0. The third-order valence-electron chi connectivity index (χ3n) is 1.68. The van der Waals surface area contributed by atoms with Gasteiger partial charge in [-0.25, -0.2) is 9.57 Å². The predicted octanol–water partition coefficient (Wildman–Crippen LogP) is 0.910. The molecule has 0 bridgehead atoms. The summed E-state index contributed by atoms with van der Waals surface area (Å²) < 4.78 is 2.20. The maximum absolute atomic E-state index is 4.27. The molecule has 0 fully saturated rings. The zero-order chi connectivity index (χ0) is 6.91. The maximum atomic E-state index is 4.27. The summed E-state index contributed by atoms with van der Waals surface area (Å²) in [6.45, 7) is 7.38. The van der Waals surface area contributed by atoms with E-state index >= 15 is 0 Å². The van der Waals surface area contributed by atoms with E-state index in [0.717, 1.165) is 6.54 Å². The molecular formula is C7H13N2+. The largest absolute Gasteiger partial charge is 0.249 e. The average Bonchev–Trinajstić information content (AvgIpc) is 2.08. The molecule has 0 saturated heterocycles. The van der Waals surface area contributed by atoms with Crippen LogP contribution >= 0.6 is 0 Å². The highest BCUT2D eigenvalue weighted by atomic mass is 15.2. The van der Waals surface area contributed by atoms with E-state index in [2.05, 4.69) is 30.3 Å². The fourth-order valence-electron chi connectivity index (χ4n) is 1.05. The monoisotopic (exact) mass is 125 g/mol. The second-order valence-corrected chi connectivity index (χ2v) is 2.71. The van der Waals surface area contributed by atoms with Crippen LogP contribution in [0.25, 0.3) is 0 Å². The summed E-state index contributed by atoms with van der Waals surface area (Å²) >= 11 is 0. The maximum Gasteiger partial charge on any atom is 0.249 e. The molecule has 1 heterocycles.